The molecule has 0 bridgehead atoms. The number of anilines is 1. The van der Waals surface area contributed by atoms with E-state index in [1.54, 1.807) is 35.0 Å². The van der Waals surface area contributed by atoms with Crippen LogP contribution in [0.1, 0.15) is 44.2 Å². The molecular formula is C27H22ClN5O3. The lowest BCUT2D eigenvalue weighted by molar-refractivity contribution is 0.0709. The fourth-order valence-electron chi connectivity index (χ4n) is 4.71. The Kier molecular flexibility index (Phi) is 5.32. The first-order valence-electron chi connectivity index (χ1n) is 11.4. The predicted octanol–water partition coefficient (Wildman–Crippen LogP) is 3.84. The lowest BCUT2D eigenvalue weighted by Crippen LogP contribution is -2.32. The zero-order chi connectivity index (χ0) is 25.0. The first kappa shape index (κ1) is 22.4. The summed E-state index contributed by atoms with van der Waals surface area (Å²) in [7, 11) is 3.61. The third-order valence-corrected chi connectivity index (χ3v) is 6.97. The number of hydrogen-bond donors (Lipinski definition) is 1. The van der Waals surface area contributed by atoms with E-state index in [1.807, 2.05) is 31.4 Å². The van der Waals surface area contributed by atoms with Gasteiger partial charge in [-0.1, -0.05) is 29.5 Å². The highest BCUT2D eigenvalue weighted by atomic mass is 35.5. The van der Waals surface area contributed by atoms with Crippen molar-refractivity contribution in [3.05, 3.63) is 81.1 Å². The Morgan fingerprint density at radius 3 is 2.81 bits per heavy atom. The maximum atomic E-state index is 13.6. The van der Waals surface area contributed by atoms with E-state index in [0.717, 1.165) is 39.0 Å². The molecule has 2 aliphatic rings. The molecule has 9 heteroatoms. The number of nitrogens with two attached hydrogens (primary N) is 1. The number of hydrogen-bond acceptors (Lipinski definition) is 6. The van der Waals surface area contributed by atoms with Crippen LogP contribution in [-0.2, 0) is 25.0 Å². The SMILES string of the molecule is CN(C(=O)c1cc2c3c(c(N)nc2cc1Cl)COC3)[C@@H]1COc2cc(C#Cc3cnn(C)c3)ccc21. The number of nitrogens with zero attached hydrogens (tertiary/aromatic N) is 4. The first-order valence-corrected chi connectivity index (χ1v) is 11.8. The van der Waals surface area contributed by atoms with Gasteiger partial charge in [-0.25, -0.2) is 4.98 Å². The van der Waals surface area contributed by atoms with Crippen LogP contribution in [0.15, 0.2) is 42.7 Å². The minimum absolute atomic E-state index is 0.201. The molecule has 180 valence electrons. The quantitative estimate of drug-likeness (QED) is 0.421. The van der Waals surface area contributed by atoms with Gasteiger partial charge in [-0.05, 0) is 29.8 Å². The molecule has 0 fully saturated rings. The first-order chi connectivity index (χ1) is 17.4. The van der Waals surface area contributed by atoms with Crippen LogP contribution in [-0.4, -0.2) is 39.2 Å². The molecule has 4 heterocycles. The highest BCUT2D eigenvalue weighted by molar-refractivity contribution is 6.34. The zero-order valence-corrected chi connectivity index (χ0v) is 20.5. The fraction of sp³-hybridized carbons (Fsp3) is 0.222. The Hall–Kier alpha value is -4.06. The highest BCUT2D eigenvalue weighted by Gasteiger charge is 2.32. The number of carbonyl (C=O) groups is 1. The molecule has 2 aliphatic heterocycles. The van der Waals surface area contributed by atoms with Crippen molar-refractivity contribution in [3.8, 4) is 17.6 Å². The van der Waals surface area contributed by atoms with Gasteiger partial charge in [-0.2, -0.15) is 5.10 Å². The molecule has 0 unspecified atom stereocenters. The van der Waals surface area contributed by atoms with Crippen LogP contribution >= 0.6 is 11.6 Å². The monoisotopic (exact) mass is 499 g/mol. The van der Waals surface area contributed by atoms with Gasteiger partial charge in [-0.3, -0.25) is 9.48 Å². The number of likely N-dealkylation sites (N-methyl/N-ethyl adjacent to an activating group) is 1. The van der Waals surface area contributed by atoms with Crippen molar-refractivity contribution in [1.29, 1.82) is 0 Å². The van der Waals surface area contributed by atoms with Crippen molar-refractivity contribution in [2.45, 2.75) is 19.3 Å². The number of halogens is 1. The number of carbonyl (C=O) groups excluding carboxylic acids is 1. The molecule has 2 aromatic heterocycles. The molecule has 1 amide bonds. The maximum Gasteiger partial charge on any atom is 0.255 e. The molecule has 36 heavy (non-hydrogen) atoms. The van der Waals surface area contributed by atoms with E-state index in [-0.39, 0.29) is 11.9 Å². The van der Waals surface area contributed by atoms with Gasteiger partial charge in [0.15, 0.2) is 0 Å². The summed E-state index contributed by atoms with van der Waals surface area (Å²) in [5.74, 6) is 7.19. The molecule has 2 aromatic carbocycles. The van der Waals surface area contributed by atoms with Gasteiger partial charge in [0.2, 0.25) is 0 Å². The van der Waals surface area contributed by atoms with E-state index < -0.39 is 0 Å². The lowest BCUT2D eigenvalue weighted by Gasteiger charge is -2.24. The number of amides is 1. The van der Waals surface area contributed by atoms with E-state index >= 15 is 0 Å². The maximum absolute atomic E-state index is 13.6. The van der Waals surface area contributed by atoms with Gasteiger partial charge >= 0.3 is 0 Å². The number of benzene rings is 2. The van der Waals surface area contributed by atoms with Crippen molar-refractivity contribution >= 4 is 34.2 Å². The van der Waals surface area contributed by atoms with Gasteiger partial charge in [0.05, 0.1) is 47.1 Å². The number of rotatable bonds is 2. The number of aromatic nitrogens is 3. The lowest BCUT2D eigenvalue weighted by atomic mass is 10.0. The molecule has 2 N–H and O–H groups in total. The summed E-state index contributed by atoms with van der Waals surface area (Å²) in [5.41, 5.74) is 11.6. The molecule has 0 saturated carbocycles. The van der Waals surface area contributed by atoms with Gasteiger partial charge in [0.1, 0.15) is 18.2 Å². The van der Waals surface area contributed by atoms with Crippen LogP contribution in [0.5, 0.6) is 5.75 Å². The number of pyridine rings is 1. The van der Waals surface area contributed by atoms with E-state index in [2.05, 4.69) is 21.9 Å². The Bertz CT molecular complexity index is 1620. The second-order valence-corrected chi connectivity index (χ2v) is 9.35. The van der Waals surface area contributed by atoms with E-state index in [4.69, 9.17) is 26.8 Å². The smallest absolute Gasteiger partial charge is 0.255 e. The number of fused-ring (bicyclic) bond motifs is 4. The Balaban J connectivity index is 1.29. The van der Waals surface area contributed by atoms with Gasteiger partial charge in [0, 0.05) is 42.4 Å². The van der Waals surface area contributed by atoms with E-state index in [1.165, 1.54) is 0 Å². The topological polar surface area (TPSA) is 95.5 Å². The zero-order valence-electron chi connectivity index (χ0n) is 19.7. The summed E-state index contributed by atoms with van der Waals surface area (Å²) < 4.78 is 13.2. The van der Waals surface area contributed by atoms with Crippen LogP contribution in [0.4, 0.5) is 5.82 Å². The summed E-state index contributed by atoms with van der Waals surface area (Å²) in [6.45, 7) is 1.20. The minimum atomic E-state index is -0.252. The largest absolute Gasteiger partial charge is 0.491 e. The third kappa shape index (κ3) is 3.73. The molecule has 0 saturated heterocycles. The fourth-order valence-corrected chi connectivity index (χ4v) is 4.95. The van der Waals surface area contributed by atoms with Gasteiger partial charge < -0.3 is 20.1 Å². The van der Waals surface area contributed by atoms with Gasteiger partial charge in [-0.15, -0.1) is 0 Å². The molecule has 0 aliphatic carbocycles. The van der Waals surface area contributed by atoms with Crippen molar-refractivity contribution in [1.82, 2.24) is 19.7 Å². The Labute approximate surface area is 212 Å². The minimum Gasteiger partial charge on any atom is -0.491 e. The summed E-state index contributed by atoms with van der Waals surface area (Å²) in [4.78, 5) is 19.7. The van der Waals surface area contributed by atoms with Crippen LogP contribution in [0.2, 0.25) is 5.02 Å². The number of ether oxygens (including phenoxy) is 2. The average Bonchev–Trinajstić information content (AvgIpc) is 3.61. The summed E-state index contributed by atoms with van der Waals surface area (Å²) in [6, 6.07) is 9.04. The molecule has 0 spiro atoms. The van der Waals surface area contributed by atoms with Crippen molar-refractivity contribution in [3.63, 3.8) is 0 Å². The molecule has 1 atom stereocenters. The van der Waals surface area contributed by atoms with Crippen LogP contribution < -0.4 is 10.5 Å². The molecular weight excluding hydrogens is 478 g/mol. The predicted molar refractivity (Wildman–Crippen MR) is 136 cm³/mol. The third-order valence-electron chi connectivity index (χ3n) is 6.66. The summed E-state index contributed by atoms with van der Waals surface area (Å²) in [6.07, 6.45) is 3.58. The molecule has 4 aromatic rings. The van der Waals surface area contributed by atoms with Crippen LogP contribution in [0, 0.1) is 11.8 Å². The Morgan fingerprint density at radius 1 is 1.19 bits per heavy atom. The molecule has 6 rings (SSSR count). The van der Waals surface area contributed by atoms with Crippen LogP contribution in [0.25, 0.3) is 10.9 Å². The standard InChI is InChI=1S/C27H22ClN5O3/c1-32-11-16(10-30-32)4-3-15-5-6-17-24(14-36-25(17)7-15)33(2)27(34)19-8-18-20-12-35-13-21(20)26(29)31-23(18)9-22(19)28/h5-11,24H,12-14H2,1-2H3,(H2,29,31)/t24-/m1/s1. The summed E-state index contributed by atoms with van der Waals surface area (Å²) in [5, 5.41) is 5.28. The molecule has 0 radical (unpaired) electrons. The highest BCUT2D eigenvalue weighted by Crippen LogP contribution is 2.38. The summed E-state index contributed by atoms with van der Waals surface area (Å²) >= 11 is 6.55. The van der Waals surface area contributed by atoms with Crippen molar-refractivity contribution < 1.29 is 14.3 Å². The second-order valence-electron chi connectivity index (χ2n) is 8.94. The average molecular weight is 500 g/mol. The Morgan fingerprint density at radius 2 is 2.00 bits per heavy atom. The molecule has 8 nitrogen and oxygen atoms in total. The van der Waals surface area contributed by atoms with Crippen LogP contribution in [0.3, 0.4) is 0 Å². The number of aryl methyl sites for hydroxylation is 1. The second kappa shape index (κ2) is 8.55. The van der Waals surface area contributed by atoms with E-state index in [9.17, 15) is 4.79 Å². The normalized spacial score (nSPS) is 15.7. The van der Waals surface area contributed by atoms with Crippen molar-refractivity contribution in [2.24, 2.45) is 7.05 Å². The van der Waals surface area contributed by atoms with Crippen molar-refractivity contribution in [2.75, 3.05) is 19.4 Å². The van der Waals surface area contributed by atoms with Gasteiger partial charge in [0.25, 0.3) is 5.91 Å². The van der Waals surface area contributed by atoms with E-state index in [0.29, 0.717) is 41.7 Å². The number of nitrogen functional groups attached to an aromatic ring is 1.